The lowest BCUT2D eigenvalue weighted by Crippen LogP contribution is -2.25. The number of hydrogen-bond acceptors (Lipinski definition) is 4. The van der Waals surface area contributed by atoms with E-state index in [2.05, 4.69) is 9.71 Å². The van der Waals surface area contributed by atoms with Gasteiger partial charge in [-0.25, -0.2) is 17.5 Å². The van der Waals surface area contributed by atoms with Crippen molar-refractivity contribution in [2.45, 2.75) is 24.9 Å². The van der Waals surface area contributed by atoms with Gasteiger partial charge in [0.05, 0.1) is 4.90 Å². The molecule has 0 bridgehead atoms. The Bertz CT molecular complexity index is 748. The first-order chi connectivity index (χ1) is 9.94. The number of benzene rings is 1. The second kappa shape index (κ2) is 6.30. The Morgan fingerprint density at radius 3 is 2.71 bits per heavy atom. The highest BCUT2D eigenvalue weighted by molar-refractivity contribution is 7.89. The molecule has 0 radical (unpaired) electrons. The number of pyridine rings is 1. The third-order valence-corrected chi connectivity index (χ3v) is 4.62. The van der Waals surface area contributed by atoms with E-state index in [1.165, 1.54) is 12.1 Å². The minimum absolute atomic E-state index is 0.0163. The van der Waals surface area contributed by atoms with E-state index in [0.717, 1.165) is 17.2 Å². The van der Waals surface area contributed by atoms with Crippen LogP contribution in [0.1, 0.15) is 16.7 Å². The van der Waals surface area contributed by atoms with Crippen LogP contribution in [0.3, 0.4) is 0 Å². The van der Waals surface area contributed by atoms with E-state index in [-0.39, 0.29) is 18.0 Å². The van der Waals surface area contributed by atoms with Gasteiger partial charge in [0.25, 0.3) is 0 Å². The fourth-order valence-electron chi connectivity index (χ4n) is 1.88. The topological polar surface area (TPSA) is 85.1 Å². The molecule has 0 saturated carbocycles. The molecule has 1 heterocycles. The zero-order valence-electron chi connectivity index (χ0n) is 11.5. The van der Waals surface area contributed by atoms with Gasteiger partial charge in [-0.15, -0.1) is 0 Å². The Balaban J connectivity index is 2.27. The third kappa shape index (κ3) is 3.63. The number of aryl methyl sites for hydroxylation is 1. The average Bonchev–Trinajstić information content (AvgIpc) is 2.46. The molecule has 0 saturated heterocycles. The predicted octanol–water partition coefficient (Wildman–Crippen LogP) is 1.47. The van der Waals surface area contributed by atoms with Crippen LogP contribution in [0, 0.1) is 12.7 Å². The van der Waals surface area contributed by atoms with Gasteiger partial charge < -0.3 is 5.73 Å². The maximum absolute atomic E-state index is 13.3. The van der Waals surface area contributed by atoms with Gasteiger partial charge in [-0.1, -0.05) is 6.07 Å². The zero-order chi connectivity index (χ0) is 15.5. The normalized spacial score (nSPS) is 11.6. The van der Waals surface area contributed by atoms with Gasteiger partial charge in [-0.05, 0) is 41.8 Å². The van der Waals surface area contributed by atoms with Gasteiger partial charge in [0.2, 0.25) is 10.0 Å². The van der Waals surface area contributed by atoms with Crippen molar-refractivity contribution in [2.24, 2.45) is 5.73 Å². The Labute approximate surface area is 123 Å². The number of nitrogens with zero attached hydrogens (tertiary/aromatic N) is 1. The summed E-state index contributed by atoms with van der Waals surface area (Å²) >= 11 is 0. The Kier molecular flexibility index (Phi) is 4.66. The van der Waals surface area contributed by atoms with Crippen molar-refractivity contribution in [3.05, 3.63) is 59.2 Å². The van der Waals surface area contributed by atoms with Crippen molar-refractivity contribution in [1.82, 2.24) is 9.71 Å². The molecule has 112 valence electrons. The van der Waals surface area contributed by atoms with Gasteiger partial charge in [0.1, 0.15) is 5.82 Å². The van der Waals surface area contributed by atoms with Crippen LogP contribution in [0.5, 0.6) is 0 Å². The van der Waals surface area contributed by atoms with Gasteiger partial charge in [-0.3, -0.25) is 4.98 Å². The molecule has 0 fully saturated rings. The van der Waals surface area contributed by atoms with Crippen molar-refractivity contribution in [2.75, 3.05) is 0 Å². The molecule has 7 heteroatoms. The maximum atomic E-state index is 13.3. The first-order valence-corrected chi connectivity index (χ1v) is 7.80. The van der Waals surface area contributed by atoms with Gasteiger partial charge in [0.15, 0.2) is 0 Å². The molecule has 21 heavy (non-hydrogen) atoms. The summed E-state index contributed by atoms with van der Waals surface area (Å²) in [5.41, 5.74) is 7.55. The molecule has 1 aromatic carbocycles. The minimum atomic E-state index is -3.84. The Morgan fingerprint density at radius 2 is 2.05 bits per heavy atom. The monoisotopic (exact) mass is 309 g/mol. The molecular weight excluding hydrogens is 293 g/mol. The minimum Gasteiger partial charge on any atom is -0.326 e. The molecule has 1 aromatic heterocycles. The first-order valence-electron chi connectivity index (χ1n) is 6.31. The standard InChI is InChI=1S/C14H16FN3O2S/c1-10-4-5-17-8-12(10)9-18-21(19,20)14-6-13(15)3-2-11(14)7-16/h2-6,8,18H,7,9,16H2,1H3. The summed E-state index contributed by atoms with van der Waals surface area (Å²) in [5, 5.41) is 0. The van der Waals surface area contributed by atoms with Crippen molar-refractivity contribution in [1.29, 1.82) is 0 Å². The quantitative estimate of drug-likeness (QED) is 0.876. The van der Waals surface area contributed by atoms with Crippen LogP contribution in [-0.2, 0) is 23.1 Å². The molecule has 0 spiro atoms. The van der Waals surface area contributed by atoms with Crippen molar-refractivity contribution in [3.63, 3.8) is 0 Å². The molecule has 0 unspecified atom stereocenters. The fraction of sp³-hybridized carbons (Fsp3) is 0.214. The summed E-state index contributed by atoms with van der Waals surface area (Å²) in [4.78, 5) is 3.82. The number of sulfonamides is 1. The molecule has 5 nitrogen and oxygen atoms in total. The Morgan fingerprint density at radius 1 is 1.29 bits per heavy atom. The summed E-state index contributed by atoms with van der Waals surface area (Å²) < 4.78 is 40.3. The maximum Gasteiger partial charge on any atom is 0.241 e. The van der Waals surface area contributed by atoms with Crippen LogP contribution in [-0.4, -0.2) is 13.4 Å². The second-order valence-corrected chi connectivity index (χ2v) is 6.32. The molecule has 0 aliphatic heterocycles. The number of halogens is 1. The van der Waals surface area contributed by atoms with E-state index in [1.54, 1.807) is 18.5 Å². The van der Waals surface area contributed by atoms with Crippen molar-refractivity contribution >= 4 is 10.0 Å². The van der Waals surface area contributed by atoms with E-state index < -0.39 is 15.8 Å². The molecule has 2 rings (SSSR count). The van der Waals surface area contributed by atoms with E-state index >= 15 is 0 Å². The number of rotatable bonds is 5. The zero-order valence-corrected chi connectivity index (χ0v) is 12.3. The number of nitrogens with one attached hydrogen (secondary N) is 1. The molecule has 0 aliphatic carbocycles. The molecule has 0 aliphatic rings. The first kappa shape index (κ1) is 15.6. The Hall–Kier alpha value is -1.83. The summed E-state index contributed by atoms with van der Waals surface area (Å²) in [7, 11) is -3.84. The van der Waals surface area contributed by atoms with Gasteiger partial charge >= 0.3 is 0 Å². The van der Waals surface area contributed by atoms with Crippen molar-refractivity contribution in [3.8, 4) is 0 Å². The lowest BCUT2D eigenvalue weighted by atomic mass is 10.2. The van der Waals surface area contributed by atoms with Crippen LogP contribution >= 0.6 is 0 Å². The van der Waals surface area contributed by atoms with E-state index in [0.29, 0.717) is 5.56 Å². The van der Waals surface area contributed by atoms with Crippen LogP contribution in [0.4, 0.5) is 4.39 Å². The highest BCUT2D eigenvalue weighted by atomic mass is 32.2. The summed E-state index contributed by atoms with van der Waals surface area (Å²) in [5.74, 6) is -0.620. The molecular formula is C14H16FN3O2S. The van der Waals surface area contributed by atoms with Crippen LogP contribution in [0.15, 0.2) is 41.6 Å². The number of aromatic nitrogens is 1. The van der Waals surface area contributed by atoms with Crippen LogP contribution < -0.4 is 10.5 Å². The largest absolute Gasteiger partial charge is 0.326 e. The smallest absolute Gasteiger partial charge is 0.241 e. The summed E-state index contributed by atoms with van der Waals surface area (Å²) in [6, 6.07) is 5.32. The number of hydrogen-bond donors (Lipinski definition) is 2. The molecule has 0 atom stereocenters. The summed E-state index contributed by atoms with van der Waals surface area (Å²) in [6.07, 6.45) is 3.22. The van der Waals surface area contributed by atoms with E-state index in [9.17, 15) is 12.8 Å². The van der Waals surface area contributed by atoms with Gasteiger partial charge in [0, 0.05) is 25.5 Å². The van der Waals surface area contributed by atoms with E-state index in [4.69, 9.17) is 5.73 Å². The molecule has 0 amide bonds. The lowest BCUT2D eigenvalue weighted by molar-refractivity contribution is 0.575. The fourth-order valence-corrected chi connectivity index (χ4v) is 3.14. The second-order valence-electron chi connectivity index (χ2n) is 4.58. The highest BCUT2D eigenvalue weighted by Crippen LogP contribution is 2.17. The van der Waals surface area contributed by atoms with Crippen LogP contribution in [0.25, 0.3) is 0 Å². The third-order valence-electron chi connectivity index (χ3n) is 3.14. The highest BCUT2D eigenvalue weighted by Gasteiger charge is 2.19. The lowest BCUT2D eigenvalue weighted by Gasteiger charge is -2.11. The predicted molar refractivity (Wildman–Crippen MR) is 77.3 cm³/mol. The number of nitrogens with two attached hydrogens (primary N) is 1. The molecule has 2 aromatic rings. The van der Waals surface area contributed by atoms with E-state index in [1.807, 2.05) is 6.92 Å². The van der Waals surface area contributed by atoms with Crippen molar-refractivity contribution < 1.29 is 12.8 Å². The average molecular weight is 309 g/mol. The van der Waals surface area contributed by atoms with Crippen LogP contribution in [0.2, 0.25) is 0 Å². The SMILES string of the molecule is Cc1ccncc1CNS(=O)(=O)c1cc(F)ccc1CN. The molecule has 3 N–H and O–H groups in total. The van der Waals surface area contributed by atoms with Gasteiger partial charge in [-0.2, -0.15) is 0 Å². The summed E-state index contributed by atoms with van der Waals surface area (Å²) in [6.45, 7) is 1.96.